The number of rotatable bonds is 1. The molecule has 0 saturated carbocycles. The molecule has 0 aromatic rings. The third-order valence-electron chi connectivity index (χ3n) is 1.43. The molecule has 0 aromatic heterocycles. The van der Waals surface area contributed by atoms with Crippen LogP contribution in [0.3, 0.4) is 0 Å². The highest BCUT2D eigenvalue weighted by atomic mass is 79.9. The second kappa shape index (κ2) is 5.17. The predicted octanol–water partition coefficient (Wildman–Crippen LogP) is -0.396. The number of nitrogens with zero attached hydrogens (tertiary/aromatic N) is 1. The number of hydrazine groups is 1. The highest BCUT2D eigenvalue weighted by Crippen LogP contribution is 1.82. The van der Waals surface area contributed by atoms with E-state index in [1.807, 2.05) is 7.05 Å². The van der Waals surface area contributed by atoms with Crippen molar-refractivity contribution in [2.45, 2.75) is 0 Å². The Morgan fingerprint density at radius 2 is 1.89 bits per heavy atom. The van der Waals surface area contributed by atoms with Gasteiger partial charge in [0.2, 0.25) is 0 Å². The third kappa shape index (κ3) is 3.15. The fourth-order valence-corrected chi connectivity index (χ4v) is 0.888. The van der Waals surface area contributed by atoms with Gasteiger partial charge in [-0.1, -0.05) is 0 Å². The van der Waals surface area contributed by atoms with E-state index in [1.165, 1.54) is 0 Å². The topological polar surface area (TPSA) is 27.3 Å². The van der Waals surface area contributed by atoms with E-state index >= 15 is 0 Å². The van der Waals surface area contributed by atoms with Gasteiger partial charge in [0.15, 0.2) is 0 Å². The van der Waals surface area contributed by atoms with E-state index in [2.05, 4.69) is 15.8 Å². The molecule has 0 unspecified atom stereocenters. The zero-order chi connectivity index (χ0) is 5.82. The maximum atomic E-state index is 3.27. The zero-order valence-electron chi connectivity index (χ0n) is 5.68. The summed E-state index contributed by atoms with van der Waals surface area (Å²) < 4.78 is 0. The van der Waals surface area contributed by atoms with Crippen LogP contribution in [0.25, 0.3) is 0 Å². The number of nitrogens with one attached hydrogen (secondary N) is 2. The van der Waals surface area contributed by atoms with E-state index < -0.39 is 0 Å². The molecule has 0 aromatic carbocycles. The normalized spacial score (nSPS) is 21.0. The molecule has 4 heteroatoms. The molecule has 0 atom stereocenters. The first-order valence-corrected chi connectivity index (χ1v) is 3.06. The Morgan fingerprint density at radius 1 is 1.33 bits per heavy atom. The van der Waals surface area contributed by atoms with E-state index in [4.69, 9.17) is 0 Å². The first-order chi connectivity index (χ1) is 3.93. The van der Waals surface area contributed by atoms with Gasteiger partial charge in [0.05, 0.1) is 0 Å². The first kappa shape index (κ1) is 9.36. The Labute approximate surface area is 66.5 Å². The summed E-state index contributed by atoms with van der Waals surface area (Å²) in [7, 11) is 1.96. The summed E-state index contributed by atoms with van der Waals surface area (Å²) in [5, 5.41) is 5.47. The lowest BCUT2D eigenvalue weighted by atomic mass is 10.4. The summed E-state index contributed by atoms with van der Waals surface area (Å²) in [4.78, 5) is 0. The molecule has 0 bridgehead atoms. The number of piperazine rings is 1. The van der Waals surface area contributed by atoms with Crippen LogP contribution in [-0.2, 0) is 0 Å². The molecule has 3 nitrogen and oxygen atoms in total. The van der Waals surface area contributed by atoms with Crippen molar-refractivity contribution in [3.63, 3.8) is 0 Å². The van der Waals surface area contributed by atoms with Gasteiger partial charge in [0.25, 0.3) is 0 Å². The van der Waals surface area contributed by atoms with Crippen LogP contribution in [-0.4, -0.2) is 38.2 Å². The largest absolute Gasteiger partial charge is 0.314 e. The van der Waals surface area contributed by atoms with Crippen molar-refractivity contribution < 1.29 is 0 Å². The smallest absolute Gasteiger partial charge is 0.0256 e. The highest BCUT2D eigenvalue weighted by Gasteiger charge is 2.04. The van der Waals surface area contributed by atoms with Crippen LogP contribution in [0.5, 0.6) is 0 Å². The average Bonchev–Trinajstić information content (AvgIpc) is 1.90. The van der Waals surface area contributed by atoms with Crippen molar-refractivity contribution in [3.8, 4) is 0 Å². The number of halogens is 1. The van der Waals surface area contributed by atoms with Crippen LogP contribution in [0.2, 0.25) is 0 Å². The molecule has 0 amide bonds. The lowest BCUT2D eigenvalue weighted by molar-refractivity contribution is 0.182. The fraction of sp³-hybridized carbons (Fsp3) is 1.00. The van der Waals surface area contributed by atoms with Crippen LogP contribution in [0.15, 0.2) is 0 Å². The van der Waals surface area contributed by atoms with Crippen molar-refractivity contribution in [2.24, 2.45) is 0 Å². The molecule has 0 radical (unpaired) electrons. The molecular formula is C5H14BrN3. The van der Waals surface area contributed by atoms with Gasteiger partial charge in [0, 0.05) is 26.2 Å². The van der Waals surface area contributed by atoms with E-state index in [1.54, 1.807) is 0 Å². The van der Waals surface area contributed by atoms with Gasteiger partial charge in [-0.05, 0) is 7.05 Å². The Bertz CT molecular complexity index is 63.2. The summed E-state index contributed by atoms with van der Waals surface area (Å²) in [6.07, 6.45) is 0. The summed E-state index contributed by atoms with van der Waals surface area (Å²) in [6.45, 7) is 4.47. The Kier molecular flexibility index (Phi) is 5.38. The van der Waals surface area contributed by atoms with E-state index in [-0.39, 0.29) is 17.0 Å². The molecule has 56 valence electrons. The van der Waals surface area contributed by atoms with Crippen molar-refractivity contribution in [3.05, 3.63) is 0 Å². The average molecular weight is 196 g/mol. The second-order valence-corrected chi connectivity index (χ2v) is 1.96. The van der Waals surface area contributed by atoms with Crippen LogP contribution in [0, 0.1) is 0 Å². The second-order valence-electron chi connectivity index (χ2n) is 1.96. The lowest BCUT2D eigenvalue weighted by Gasteiger charge is -2.25. The van der Waals surface area contributed by atoms with Gasteiger partial charge in [-0.15, -0.1) is 17.0 Å². The van der Waals surface area contributed by atoms with Crippen LogP contribution in [0.4, 0.5) is 0 Å². The lowest BCUT2D eigenvalue weighted by Crippen LogP contribution is -2.48. The minimum Gasteiger partial charge on any atom is -0.314 e. The van der Waals surface area contributed by atoms with Crippen molar-refractivity contribution >= 4 is 17.0 Å². The molecule has 1 aliphatic rings. The van der Waals surface area contributed by atoms with Gasteiger partial charge < -0.3 is 5.32 Å². The van der Waals surface area contributed by atoms with E-state index in [0.717, 1.165) is 26.2 Å². The first-order valence-electron chi connectivity index (χ1n) is 3.06. The Morgan fingerprint density at radius 3 is 2.22 bits per heavy atom. The van der Waals surface area contributed by atoms with Gasteiger partial charge in [-0.2, -0.15) is 0 Å². The summed E-state index contributed by atoms with van der Waals surface area (Å²) in [6, 6.07) is 0. The van der Waals surface area contributed by atoms with Gasteiger partial charge in [-0.25, -0.2) is 5.01 Å². The molecule has 0 aliphatic carbocycles. The number of hydrogen-bond donors (Lipinski definition) is 2. The molecule has 9 heavy (non-hydrogen) atoms. The molecule has 2 N–H and O–H groups in total. The molecule has 0 spiro atoms. The standard InChI is InChI=1S/C5H13N3.BrH/c1-6-8-4-2-7-3-5-8;/h6-7H,2-5H2,1H3;1H. The predicted molar refractivity (Wildman–Crippen MR) is 43.8 cm³/mol. The van der Waals surface area contributed by atoms with Crippen LogP contribution in [0.1, 0.15) is 0 Å². The molecule has 1 fully saturated rings. The van der Waals surface area contributed by atoms with Gasteiger partial charge in [0.1, 0.15) is 0 Å². The van der Waals surface area contributed by atoms with Crippen LogP contribution < -0.4 is 10.7 Å². The summed E-state index contributed by atoms with van der Waals surface area (Å²) >= 11 is 0. The molecule has 1 rings (SSSR count). The summed E-state index contributed by atoms with van der Waals surface area (Å²) in [5.74, 6) is 0. The fourth-order valence-electron chi connectivity index (χ4n) is 0.888. The highest BCUT2D eigenvalue weighted by molar-refractivity contribution is 8.93. The Hall–Kier alpha value is 0.360. The van der Waals surface area contributed by atoms with Crippen molar-refractivity contribution in [1.82, 2.24) is 15.8 Å². The molecule has 1 heterocycles. The van der Waals surface area contributed by atoms with Gasteiger partial charge in [-0.3, -0.25) is 5.43 Å². The Balaban J connectivity index is 0.000000640. The molecule has 1 aliphatic heterocycles. The van der Waals surface area contributed by atoms with Gasteiger partial charge >= 0.3 is 0 Å². The molecule has 1 saturated heterocycles. The maximum absolute atomic E-state index is 3.27. The minimum absolute atomic E-state index is 0. The number of hydrogen-bond acceptors (Lipinski definition) is 3. The SMILES string of the molecule is Br.CNN1CCNCC1. The van der Waals surface area contributed by atoms with Crippen molar-refractivity contribution in [1.29, 1.82) is 0 Å². The monoisotopic (exact) mass is 195 g/mol. The maximum Gasteiger partial charge on any atom is 0.0256 e. The minimum atomic E-state index is 0. The third-order valence-corrected chi connectivity index (χ3v) is 1.43. The van der Waals surface area contributed by atoms with E-state index in [9.17, 15) is 0 Å². The zero-order valence-corrected chi connectivity index (χ0v) is 7.40. The summed E-state index contributed by atoms with van der Waals surface area (Å²) in [5.41, 5.74) is 3.10. The molecular weight excluding hydrogens is 182 g/mol. The quantitative estimate of drug-likeness (QED) is 0.597. The van der Waals surface area contributed by atoms with Crippen LogP contribution >= 0.6 is 17.0 Å². The van der Waals surface area contributed by atoms with Crippen molar-refractivity contribution in [2.75, 3.05) is 33.2 Å². The van der Waals surface area contributed by atoms with E-state index in [0.29, 0.717) is 0 Å².